The van der Waals surface area contributed by atoms with Gasteiger partial charge in [0.15, 0.2) is 17.8 Å². The molecule has 2 aromatic carbocycles. The molecule has 0 saturated heterocycles. The molecule has 0 fully saturated rings. The lowest BCUT2D eigenvalue weighted by atomic mass is 10.1. The number of carbonyl (C=O) groups is 1. The van der Waals surface area contributed by atoms with Gasteiger partial charge >= 0.3 is 0 Å². The van der Waals surface area contributed by atoms with E-state index in [0.29, 0.717) is 22.8 Å². The maximum absolute atomic E-state index is 12.7. The molecule has 0 unspecified atom stereocenters. The molecular formula is C20H15N3O3. The molecule has 2 heterocycles. The van der Waals surface area contributed by atoms with Crippen LogP contribution in [0.2, 0.25) is 0 Å². The molecule has 0 saturated carbocycles. The van der Waals surface area contributed by atoms with Crippen LogP contribution < -0.4 is 10.1 Å². The van der Waals surface area contributed by atoms with Gasteiger partial charge in [-0.2, -0.15) is 0 Å². The van der Waals surface area contributed by atoms with Gasteiger partial charge in [-0.3, -0.25) is 9.78 Å². The van der Waals surface area contributed by atoms with Crippen LogP contribution in [0, 0.1) is 0 Å². The Morgan fingerprint density at radius 3 is 2.85 bits per heavy atom. The van der Waals surface area contributed by atoms with Crippen molar-refractivity contribution in [3.63, 3.8) is 0 Å². The number of para-hydroxylation sites is 1. The van der Waals surface area contributed by atoms with Gasteiger partial charge in [0.05, 0.1) is 24.5 Å². The lowest BCUT2D eigenvalue weighted by Gasteiger charge is -2.06. The molecule has 6 nitrogen and oxygen atoms in total. The largest absolute Gasteiger partial charge is 0.497 e. The van der Waals surface area contributed by atoms with Crippen LogP contribution in [0.25, 0.3) is 22.2 Å². The second-order valence-electron chi connectivity index (χ2n) is 5.63. The van der Waals surface area contributed by atoms with Crippen molar-refractivity contribution in [3.8, 4) is 17.1 Å². The monoisotopic (exact) mass is 345 g/mol. The average molecular weight is 345 g/mol. The first-order valence-corrected chi connectivity index (χ1v) is 7.98. The maximum atomic E-state index is 12.7. The van der Waals surface area contributed by atoms with E-state index in [2.05, 4.69) is 15.3 Å². The summed E-state index contributed by atoms with van der Waals surface area (Å²) in [5.74, 6) is 0.688. The Morgan fingerprint density at radius 2 is 1.96 bits per heavy atom. The number of ether oxygens (including phenoxy) is 1. The van der Waals surface area contributed by atoms with Crippen molar-refractivity contribution >= 4 is 22.5 Å². The molecule has 26 heavy (non-hydrogen) atoms. The predicted octanol–water partition coefficient (Wildman–Crippen LogP) is 4.15. The second-order valence-corrected chi connectivity index (χ2v) is 5.63. The molecule has 4 aromatic rings. The summed E-state index contributed by atoms with van der Waals surface area (Å²) >= 11 is 0. The van der Waals surface area contributed by atoms with Crippen molar-refractivity contribution in [2.75, 3.05) is 12.4 Å². The highest BCUT2D eigenvalue weighted by atomic mass is 16.5. The number of fused-ring (bicyclic) bond motifs is 1. The summed E-state index contributed by atoms with van der Waals surface area (Å²) in [6.45, 7) is 0. The summed E-state index contributed by atoms with van der Waals surface area (Å²) < 4.78 is 10.7. The number of methoxy groups -OCH3 is 1. The van der Waals surface area contributed by atoms with E-state index >= 15 is 0 Å². The van der Waals surface area contributed by atoms with Gasteiger partial charge < -0.3 is 14.5 Å². The molecule has 2 aromatic heterocycles. The first kappa shape index (κ1) is 15.8. The predicted molar refractivity (Wildman–Crippen MR) is 98.2 cm³/mol. The summed E-state index contributed by atoms with van der Waals surface area (Å²) in [5.41, 5.74) is 2.37. The minimum atomic E-state index is -0.367. The zero-order valence-corrected chi connectivity index (χ0v) is 14.0. The number of hydrogen-bond acceptors (Lipinski definition) is 5. The van der Waals surface area contributed by atoms with Crippen molar-refractivity contribution in [1.82, 2.24) is 9.97 Å². The Kier molecular flexibility index (Phi) is 4.07. The number of amides is 1. The van der Waals surface area contributed by atoms with Crippen molar-refractivity contribution in [3.05, 3.63) is 72.9 Å². The first-order chi connectivity index (χ1) is 12.7. The van der Waals surface area contributed by atoms with Gasteiger partial charge in [-0.25, -0.2) is 4.98 Å². The van der Waals surface area contributed by atoms with Crippen LogP contribution in [0.4, 0.5) is 5.69 Å². The number of pyridine rings is 1. The van der Waals surface area contributed by atoms with Crippen LogP contribution in [-0.4, -0.2) is 23.0 Å². The lowest BCUT2D eigenvalue weighted by Crippen LogP contribution is -2.13. The van der Waals surface area contributed by atoms with Crippen LogP contribution in [0.5, 0.6) is 5.75 Å². The van der Waals surface area contributed by atoms with Crippen molar-refractivity contribution in [2.45, 2.75) is 0 Å². The number of aromatic nitrogens is 2. The number of hydrogen-bond donors (Lipinski definition) is 1. The molecule has 0 aliphatic carbocycles. The highest BCUT2D eigenvalue weighted by molar-refractivity contribution is 6.06. The SMILES string of the molecule is COc1cccc(-c2ocnc2C(=O)Nc2cnc3ccccc3c2)c1. The summed E-state index contributed by atoms with van der Waals surface area (Å²) in [6.07, 6.45) is 2.87. The van der Waals surface area contributed by atoms with Gasteiger partial charge in [-0.05, 0) is 24.3 Å². The van der Waals surface area contributed by atoms with Gasteiger partial charge in [0, 0.05) is 10.9 Å². The molecule has 0 radical (unpaired) electrons. The molecule has 4 rings (SSSR count). The molecule has 6 heteroatoms. The number of rotatable bonds is 4. The van der Waals surface area contributed by atoms with Gasteiger partial charge in [-0.1, -0.05) is 30.3 Å². The normalized spacial score (nSPS) is 10.7. The molecule has 0 spiro atoms. The van der Waals surface area contributed by atoms with E-state index in [9.17, 15) is 4.79 Å². The van der Waals surface area contributed by atoms with Gasteiger partial charge in [0.25, 0.3) is 5.91 Å². The van der Waals surface area contributed by atoms with Crippen LogP contribution in [0.3, 0.4) is 0 Å². The highest BCUT2D eigenvalue weighted by Crippen LogP contribution is 2.27. The second kappa shape index (κ2) is 6.68. The van der Waals surface area contributed by atoms with Crippen molar-refractivity contribution in [1.29, 1.82) is 0 Å². The topological polar surface area (TPSA) is 77.2 Å². The van der Waals surface area contributed by atoms with Gasteiger partial charge in [0.2, 0.25) is 0 Å². The molecule has 0 atom stereocenters. The average Bonchev–Trinajstić information content (AvgIpc) is 3.18. The van der Waals surface area contributed by atoms with E-state index in [1.54, 1.807) is 19.4 Å². The number of carbonyl (C=O) groups excluding carboxylic acids is 1. The summed E-state index contributed by atoms with van der Waals surface area (Å²) in [4.78, 5) is 21.1. The molecule has 1 amide bonds. The first-order valence-electron chi connectivity index (χ1n) is 7.98. The molecule has 1 N–H and O–H groups in total. The maximum Gasteiger partial charge on any atom is 0.278 e. The zero-order valence-electron chi connectivity index (χ0n) is 14.0. The Morgan fingerprint density at radius 1 is 1.08 bits per heavy atom. The van der Waals surface area contributed by atoms with Gasteiger partial charge in [-0.15, -0.1) is 0 Å². The molecule has 0 aliphatic heterocycles. The Bertz CT molecular complexity index is 1090. The van der Waals surface area contributed by atoms with Crippen molar-refractivity contribution in [2.24, 2.45) is 0 Å². The zero-order chi connectivity index (χ0) is 17.9. The third-order valence-corrected chi connectivity index (χ3v) is 3.96. The van der Waals surface area contributed by atoms with E-state index in [-0.39, 0.29) is 11.6 Å². The number of benzene rings is 2. The third kappa shape index (κ3) is 3.00. The highest BCUT2D eigenvalue weighted by Gasteiger charge is 2.19. The van der Waals surface area contributed by atoms with Gasteiger partial charge in [0.1, 0.15) is 5.75 Å². The molecule has 0 aliphatic rings. The molecule has 128 valence electrons. The fourth-order valence-electron chi connectivity index (χ4n) is 2.71. The van der Waals surface area contributed by atoms with Crippen LogP contribution in [0.15, 0.2) is 71.6 Å². The third-order valence-electron chi connectivity index (χ3n) is 3.96. The summed E-state index contributed by atoms with van der Waals surface area (Å²) in [6, 6.07) is 16.8. The number of anilines is 1. The summed E-state index contributed by atoms with van der Waals surface area (Å²) in [7, 11) is 1.58. The van der Waals surface area contributed by atoms with E-state index in [0.717, 1.165) is 10.9 Å². The van der Waals surface area contributed by atoms with Crippen molar-refractivity contribution < 1.29 is 13.9 Å². The Labute approximate surface area is 149 Å². The fraction of sp³-hybridized carbons (Fsp3) is 0.0500. The van der Waals surface area contributed by atoms with Crippen LogP contribution >= 0.6 is 0 Å². The minimum absolute atomic E-state index is 0.200. The fourth-order valence-corrected chi connectivity index (χ4v) is 2.71. The van der Waals surface area contributed by atoms with E-state index in [1.807, 2.05) is 48.5 Å². The Balaban J connectivity index is 1.63. The van der Waals surface area contributed by atoms with E-state index in [4.69, 9.17) is 9.15 Å². The quantitative estimate of drug-likeness (QED) is 0.601. The smallest absolute Gasteiger partial charge is 0.278 e. The number of nitrogens with one attached hydrogen (secondary N) is 1. The molecular weight excluding hydrogens is 330 g/mol. The van der Waals surface area contributed by atoms with E-state index in [1.165, 1.54) is 6.39 Å². The van der Waals surface area contributed by atoms with Crippen LogP contribution in [-0.2, 0) is 0 Å². The van der Waals surface area contributed by atoms with E-state index < -0.39 is 0 Å². The Hall–Kier alpha value is -3.67. The number of nitrogens with zero attached hydrogens (tertiary/aromatic N) is 2. The standard InChI is InChI=1S/C20H15N3O3/c1-25-16-7-4-6-14(10-16)19-18(22-12-26-19)20(24)23-15-9-13-5-2-3-8-17(13)21-11-15/h2-12H,1H3,(H,23,24). The lowest BCUT2D eigenvalue weighted by molar-refractivity contribution is 0.102. The minimum Gasteiger partial charge on any atom is -0.497 e. The van der Waals surface area contributed by atoms with Crippen LogP contribution in [0.1, 0.15) is 10.5 Å². The summed E-state index contributed by atoms with van der Waals surface area (Å²) in [5, 5.41) is 3.76. The number of oxazole rings is 1. The molecule has 0 bridgehead atoms.